The predicted molar refractivity (Wildman–Crippen MR) is 81.8 cm³/mol. The Morgan fingerprint density at radius 3 is 2.88 bits per heavy atom. The van der Waals surface area contributed by atoms with E-state index >= 15 is 0 Å². The number of benzene rings is 1. The van der Waals surface area contributed by atoms with E-state index in [9.17, 15) is 17.6 Å². The molecule has 0 unspecified atom stereocenters. The second kappa shape index (κ2) is 5.91. The summed E-state index contributed by atoms with van der Waals surface area (Å²) in [6.07, 6.45) is 3.03. The van der Waals surface area contributed by atoms with Crippen molar-refractivity contribution in [3.63, 3.8) is 0 Å². The molecule has 0 bridgehead atoms. The van der Waals surface area contributed by atoms with E-state index in [4.69, 9.17) is 5.73 Å². The molecule has 2 aromatic rings. The van der Waals surface area contributed by atoms with Gasteiger partial charge in [0.15, 0.2) is 0 Å². The Kier molecular flexibility index (Phi) is 4.06. The molecule has 24 heavy (non-hydrogen) atoms. The third-order valence-electron chi connectivity index (χ3n) is 3.81. The molecule has 0 atom stereocenters. The molecule has 125 valence electrons. The highest BCUT2D eigenvalue weighted by Gasteiger charge is 2.31. The van der Waals surface area contributed by atoms with Crippen molar-refractivity contribution >= 4 is 15.9 Å². The molecule has 1 amide bonds. The lowest BCUT2D eigenvalue weighted by Crippen LogP contribution is -2.37. The SMILES string of the molecule is Cc1ccc(F)cc1S(=O)(=O)N1CCc2[c]nc(C(N)=O)nc2C1. The molecule has 0 saturated carbocycles. The molecule has 0 aliphatic carbocycles. The number of hydrogen-bond donors (Lipinski definition) is 1. The minimum Gasteiger partial charge on any atom is -0.363 e. The third kappa shape index (κ3) is 2.87. The second-order valence-electron chi connectivity index (χ2n) is 5.45. The van der Waals surface area contributed by atoms with Crippen molar-refractivity contribution in [2.24, 2.45) is 5.73 Å². The van der Waals surface area contributed by atoms with Crippen molar-refractivity contribution in [3.8, 4) is 0 Å². The molecule has 7 nitrogen and oxygen atoms in total. The van der Waals surface area contributed by atoms with E-state index in [2.05, 4.69) is 16.2 Å². The number of nitrogens with two attached hydrogens (primary N) is 1. The number of nitrogens with zero attached hydrogens (tertiary/aromatic N) is 3. The highest BCUT2D eigenvalue weighted by Crippen LogP contribution is 2.26. The maximum atomic E-state index is 13.5. The number of rotatable bonds is 3. The molecule has 2 heterocycles. The summed E-state index contributed by atoms with van der Waals surface area (Å²) in [5, 5.41) is 0. The standard InChI is InChI=1S/C15H14FN4O3S/c1-9-2-3-11(16)6-13(9)24(22,23)20-5-4-10-7-18-15(14(17)21)19-12(10)8-20/h2-3,6H,4-5,8H2,1H3,(H2,17,21). The summed E-state index contributed by atoms with van der Waals surface area (Å²) in [6, 6.07) is 3.63. The van der Waals surface area contributed by atoms with Crippen LogP contribution in [0, 0.1) is 18.9 Å². The lowest BCUT2D eigenvalue weighted by Gasteiger charge is -2.27. The number of fused-ring (bicyclic) bond motifs is 1. The molecule has 0 fully saturated rings. The van der Waals surface area contributed by atoms with Crippen LogP contribution in [0.5, 0.6) is 0 Å². The molecule has 0 saturated heterocycles. The molecule has 1 aliphatic rings. The number of halogens is 1. The Balaban J connectivity index is 1.98. The predicted octanol–water partition coefficient (Wildman–Crippen LogP) is 0.570. The van der Waals surface area contributed by atoms with E-state index in [1.165, 1.54) is 16.4 Å². The smallest absolute Gasteiger partial charge is 0.286 e. The Morgan fingerprint density at radius 1 is 1.42 bits per heavy atom. The first-order valence-corrected chi connectivity index (χ1v) is 8.56. The van der Waals surface area contributed by atoms with Gasteiger partial charge in [-0.05, 0) is 31.0 Å². The number of hydrogen-bond acceptors (Lipinski definition) is 5. The number of aryl methyl sites for hydroxylation is 1. The largest absolute Gasteiger partial charge is 0.363 e. The van der Waals surface area contributed by atoms with Gasteiger partial charge in [0.1, 0.15) is 5.82 Å². The van der Waals surface area contributed by atoms with Crippen LogP contribution >= 0.6 is 0 Å². The van der Waals surface area contributed by atoms with Gasteiger partial charge in [-0.15, -0.1) is 0 Å². The third-order valence-corrected chi connectivity index (χ3v) is 5.80. The fraction of sp³-hybridized carbons (Fsp3) is 0.267. The average molecular weight is 349 g/mol. The van der Waals surface area contributed by atoms with Crippen LogP contribution in [-0.2, 0) is 23.0 Å². The summed E-state index contributed by atoms with van der Waals surface area (Å²) in [4.78, 5) is 18.8. The van der Waals surface area contributed by atoms with E-state index < -0.39 is 21.7 Å². The Bertz CT molecular complexity index is 930. The average Bonchev–Trinajstić information content (AvgIpc) is 2.55. The van der Waals surface area contributed by atoms with Gasteiger partial charge in [-0.3, -0.25) is 4.79 Å². The second-order valence-corrected chi connectivity index (χ2v) is 7.35. The topological polar surface area (TPSA) is 106 Å². The molecule has 1 radical (unpaired) electrons. The Hall–Kier alpha value is -2.39. The van der Waals surface area contributed by atoms with Crippen molar-refractivity contribution in [2.45, 2.75) is 24.8 Å². The normalized spacial score (nSPS) is 15.1. The van der Waals surface area contributed by atoms with Crippen LogP contribution in [0.15, 0.2) is 23.1 Å². The number of aromatic nitrogens is 2. The van der Waals surface area contributed by atoms with Gasteiger partial charge in [-0.1, -0.05) is 6.07 Å². The number of carbonyl (C=O) groups is 1. The van der Waals surface area contributed by atoms with E-state index in [1.54, 1.807) is 6.92 Å². The van der Waals surface area contributed by atoms with Crippen LogP contribution in [0.2, 0.25) is 0 Å². The molecule has 2 N–H and O–H groups in total. The Morgan fingerprint density at radius 2 is 2.17 bits per heavy atom. The van der Waals surface area contributed by atoms with E-state index in [0.717, 1.165) is 6.07 Å². The van der Waals surface area contributed by atoms with Crippen molar-refractivity contribution in [1.82, 2.24) is 14.3 Å². The number of carbonyl (C=O) groups excluding carboxylic acids is 1. The maximum Gasteiger partial charge on any atom is 0.286 e. The zero-order valence-corrected chi connectivity index (χ0v) is 13.6. The highest BCUT2D eigenvalue weighted by atomic mass is 32.2. The lowest BCUT2D eigenvalue weighted by atomic mass is 10.1. The summed E-state index contributed by atoms with van der Waals surface area (Å²) in [5.41, 5.74) is 6.61. The monoisotopic (exact) mass is 349 g/mol. The van der Waals surface area contributed by atoms with Gasteiger partial charge in [-0.25, -0.2) is 22.8 Å². The molecular weight excluding hydrogens is 335 g/mol. The summed E-state index contributed by atoms with van der Waals surface area (Å²) >= 11 is 0. The van der Waals surface area contributed by atoms with Crippen LogP contribution in [0.25, 0.3) is 0 Å². The van der Waals surface area contributed by atoms with Gasteiger partial charge in [0, 0.05) is 12.1 Å². The van der Waals surface area contributed by atoms with Crippen LogP contribution in [0.3, 0.4) is 0 Å². The van der Waals surface area contributed by atoms with Crippen molar-refractivity contribution in [1.29, 1.82) is 0 Å². The minimum absolute atomic E-state index is 0.0487. The molecule has 3 rings (SSSR count). The number of amides is 1. The van der Waals surface area contributed by atoms with Gasteiger partial charge in [0.25, 0.3) is 5.91 Å². The van der Waals surface area contributed by atoms with Gasteiger partial charge >= 0.3 is 0 Å². The van der Waals surface area contributed by atoms with Gasteiger partial charge in [0.05, 0.1) is 23.3 Å². The molecule has 1 aliphatic heterocycles. The minimum atomic E-state index is -3.89. The first-order chi connectivity index (χ1) is 11.3. The van der Waals surface area contributed by atoms with Crippen molar-refractivity contribution < 1.29 is 17.6 Å². The zero-order chi connectivity index (χ0) is 17.5. The fourth-order valence-electron chi connectivity index (χ4n) is 2.53. The Labute approximate surface area is 138 Å². The summed E-state index contributed by atoms with van der Waals surface area (Å²) < 4.78 is 40.3. The van der Waals surface area contributed by atoms with Crippen LogP contribution in [-0.4, -0.2) is 35.1 Å². The zero-order valence-electron chi connectivity index (χ0n) is 12.8. The fourth-order valence-corrected chi connectivity index (χ4v) is 4.16. The maximum absolute atomic E-state index is 13.5. The first kappa shape index (κ1) is 16.5. The molecule has 1 aromatic heterocycles. The van der Waals surface area contributed by atoms with Crippen LogP contribution in [0.4, 0.5) is 4.39 Å². The van der Waals surface area contributed by atoms with Crippen LogP contribution in [0.1, 0.15) is 27.4 Å². The number of primary amides is 1. The van der Waals surface area contributed by atoms with Gasteiger partial charge < -0.3 is 5.73 Å². The van der Waals surface area contributed by atoms with Gasteiger partial charge in [0.2, 0.25) is 15.8 Å². The molecular formula is C15H14FN4O3S. The first-order valence-electron chi connectivity index (χ1n) is 7.12. The summed E-state index contributed by atoms with van der Waals surface area (Å²) in [5.74, 6) is -1.65. The van der Waals surface area contributed by atoms with Crippen LogP contribution < -0.4 is 5.73 Å². The molecule has 0 spiro atoms. The highest BCUT2D eigenvalue weighted by molar-refractivity contribution is 7.89. The lowest BCUT2D eigenvalue weighted by molar-refractivity contribution is 0.0989. The quantitative estimate of drug-likeness (QED) is 0.872. The van der Waals surface area contributed by atoms with E-state index in [-0.39, 0.29) is 23.8 Å². The van der Waals surface area contributed by atoms with Gasteiger partial charge in [-0.2, -0.15) is 4.31 Å². The summed E-state index contributed by atoms with van der Waals surface area (Å²) in [6.45, 7) is 1.75. The molecule has 9 heteroatoms. The van der Waals surface area contributed by atoms with Crippen molar-refractivity contribution in [2.75, 3.05) is 6.54 Å². The van der Waals surface area contributed by atoms with E-state index in [0.29, 0.717) is 23.2 Å². The molecule has 1 aromatic carbocycles. The van der Waals surface area contributed by atoms with Crippen molar-refractivity contribution in [3.05, 3.63) is 52.9 Å². The van der Waals surface area contributed by atoms with E-state index in [1.807, 2.05) is 0 Å². The summed E-state index contributed by atoms with van der Waals surface area (Å²) in [7, 11) is -3.89. The number of sulfonamides is 1.